The first-order valence-corrected chi connectivity index (χ1v) is 12.2. The number of imide groups is 2. The Morgan fingerprint density at radius 3 is 2.16 bits per heavy atom. The second kappa shape index (κ2) is 8.61. The predicted octanol–water partition coefficient (Wildman–Crippen LogP) is 4.23. The van der Waals surface area contributed by atoms with Crippen LogP contribution in [0.15, 0.2) is 78.9 Å². The lowest BCUT2D eigenvalue weighted by Gasteiger charge is -2.55. The number of rotatable bonds is 2. The van der Waals surface area contributed by atoms with E-state index in [4.69, 9.17) is 0 Å². The Bertz CT molecular complexity index is 1430. The Balaban J connectivity index is 1.51. The summed E-state index contributed by atoms with van der Waals surface area (Å²) in [5, 5.41) is 2.34. The fourth-order valence-electron chi connectivity index (χ4n) is 5.88. The third-order valence-electron chi connectivity index (χ3n) is 7.68. The van der Waals surface area contributed by atoms with Gasteiger partial charge in [-0.3, -0.25) is 14.9 Å². The molecule has 7 nitrogen and oxygen atoms in total. The summed E-state index contributed by atoms with van der Waals surface area (Å²) >= 11 is 0. The Labute approximate surface area is 216 Å². The highest BCUT2D eigenvalue weighted by Crippen LogP contribution is 2.48. The highest BCUT2D eigenvalue weighted by molar-refractivity contribution is 6.30. The number of fused-ring (bicyclic) bond motifs is 4. The summed E-state index contributed by atoms with van der Waals surface area (Å²) in [6.07, 6.45) is -4.85. The van der Waals surface area contributed by atoms with E-state index in [1.807, 2.05) is 35.2 Å². The van der Waals surface area contributed by atoms with Crippen LogP contribution in [0.3, 0.4) is 0 Å². The minimum absolute atomic E-state index is 0.245. The van der Waals surface area contributed by atoms with Crippen LogP contribution >= 0.6 is 0 Å². The first-order chi connectivity index (χ1) is 18.2. The van der Waals surface area contributed by atoms with Crippen molar-refractivity contribution >= 4 is 34.9 Å². The van der Waals surface area contributed by atoms with Gasteiger partial charge in [0.15, 0.2) is 5.41 Å². The van der Waals surface area contributed by atoms with E-state index >= 15 is 0 Å². The van der Waals surface area contributed by atoms with Crippen LogP contribution in [0.5, 0.6) is 0 Å². The molecule has 0 aliphatic carbocycles. The van der Waals surface area contributed by atoms with Crippen molar-refractivity contribution in [2.75, 3.05) is 34.3 Å². The highest BCUT2D eigenvalue weighted by Gasteiger charge is 2.63. The summed E-state index contributed by atoms with van der Waals surface area (Å²) < 4.78 is 40.9. The second-order valence-electron chi connectivity index (χ2n) is 9.72. The molecule has 0 radical (unpaired) electrons. The van der Waals surface area contributed by atoms with Gasteiger partial charge in [-0.15, -0.1) is 0 Å². The molecule has 6 rings (SSSR count). The van der Waals surface area contributed by atoms with Crippen LogP contribution in [0.25, 0.3) is 0 Å². The number of urea groups is 1. The van der Waals surface area contributed by atoms with E-state index in [-0.39, 0.29) is 24.2 Å². The zero-order valence-electron chi connectivity index (χ0n) is 20.1. The van der Waals surface area contributed by atoms with E-state index in [2.05, 4.69) is 10.2 Å². The fourth-order valence-corrected chi connectivity index (χ4v) is 5.88. The van der Waals surface area contributed by atoms with E-state index in [1.54, 1.807) is 30.3 Å². The van der Waals surface area contributed by atoms with Gasteiger partial charge < -0.3 is 9.80 Å². The topological polar surface area (TPSA) is 73.0 Å². The molecule has 2 unspecified atom stereocenters. The van der Waals surface area contributed by atoms with Crippen LogP contribution in [-0.2, 0) is 22.2 Å². The van der Waals surface area contributed by atoms with Crippen molar-refractivity contribution in [2.24, 2.45) is 5.41 Å². The maximum absolute atomic E-state index is 14.3. The van der Waals surface area contributed by atoms with Crippen LogP contribution in [-0.4, -0.2) is 43.5 Å². The van der Waals surface area contributed by atoms with Crippen molar-refractivity contribution in [2.45, 2.75) is 18.6 Å². The molecule has 1 spiro atoms. The van der Waals surface area contributed by atoms with E-state index in [1.165, 1.54) is 6.07 Å². The van der Waals surface area contributed by atoms with Gasteiger partial charge >= 0.3 is 12.2 Å². The monoisotopic (exact) mass is 520 g/mol. The van der Waals surface area contributed by atoms with Crippen molar-refractivity contribution in [3.05, 3.63) is 90.0 Å². The van der Waals surface area contributed by atoms with E-state index in [0.717, 1.165) is 22.7 Å². The smallest absolute Gasteiger partial charge is 0.368 e. The molecule has 0 bridgehead atoms. The van der Waals surface area contributed by atoms with Crippen LogP contribution in [0.1, 0.15) is 11.1 Å². The van der Waals surface area contributed by atoms with Gasteiger partial charge in [-0.25, -0.2) is 9.69 Å². The van der Waals surface area contributed by atoms with Crippen LogP contribution < -0.4 is 20.0 Å². The average molecular weight is 521 g/mol. The summed E-state index contributed by atoms with van der Waals surface area (Å²) in [6, 6.07) is 19.6. The van der Waals surface area contributed by atoms with Crippen LogP contribution in [0.4, 0.5) is 35.0 Å². The number of nitrogens with zero attached hydrogens (tertiary/aromatic N) is 3. The first-order valence-electron chi connectivity index (χ1n) is 12.2. The highest BCUT2D eigenvalue weighted by atomic mass is 19.4. The van der Waals surface area contributed by atoms with Crippen molar-refractivity contribution in [1.29, 1.82) is 0 Å². The molecule has 194 valence electrons. The molecule has 3 aromatic carbocycles. The minimum atomic E-state index is -4.59. The lowest BCUT2D eigenvalue weighted by atomic mass is 9.67. The summed E-state index contributed by atoms with van der Waals surface area (Å²) in [5.41, 5.74) is -0.694. The third-order valence-corrected chi connectivity index (χ3v) is 7.68. The molecular weight excluding hydrogens is 497 g/mol. The standard InChI is InChI=1S/C28H23F3N4O3/c29-28(30,31)19-11-12-22-18(15-19)16-27(23-17-33(13-14-34(22)23)20-7-3-1-4-8-20)24(36)32-26(38)35(25(27)37)21-9-5-2-6-10-21/h1-12,15,23H,13-14,16-17H2,(H,32,36,38). The number of alkyl halides is 3. The summed E-state index contributed by atoms with van der Waals surface area (Å²) in [4.78, 5) is 45.8. The zero-order valence-corrected chi connectivity index (χ0v) is 20.1. The van der Waals surface area contributed by atoms with E-state index < -0.39 is 41.0 Å². The number of piperazine rings is 1. The predicted molar refractivity (Wildman–Crippen MR) is 135 cm³/mol. The van der Waals surface area contributed by atoms with Crippen molar-refractivity contribution < 1.29 is 27.6 Å². The molecule has 1 N–H and O–H groups in total. The molecule has 2 atom stereocenters. The van der Waals surface area contributed by atoms with Gasteiger partial charge in [-0.2, -0.15) is 13.2 Å². The number of anilines is 3. The Morgan fingerprint density at radius 1 is 0.842 bits per heavy atom. The summed E-state index contributed by atoms with van der Waals surface area (Å²) in [6.45, 7) is 1.17. The van der Waals surface area contributed by atoms with Gasteiger partial charge in [-0.1, -0.05) is 36.4 Å². The molecule has 3 aromatic rings. The molecular formula is C28H23F3N4O3. The van der Waals surface area contributed by atoms with E-state index in [9.17, 15) is 27.6 Å². The third kappa shape index (κ3) is 3.62. The largest absolute Gasteiger partial charge is 0.416 e. The molecule has 3 aliphatic rings. The average Bonchev–Trinajstić information content (AvgIpc) is 2.92. The molecule has 4 amide bonds. The van der Waals surface area contributed by atoms with Crippen molar-refractivity contribution in [3.8, 4) is 0 Å². The van der Waals surface area contributed by atoms with Crippen LogP contribution in [0, 0.1) is 5.41 Å². The number of amides is 4. The number of benzene rings is 3. The second-order valence-corrected chi connectivity index (χ2v) is 9.72. The fraction of sp³-hybridized carbons (Fsp3) is 0.250. The Hall–Kier alpha value is -4.34. The zero-order chi connectivity index (χ0) is 26.7. The number of hydrogen-bond donors (Lipinski definition) is 1. The Kier molecular flexibility index (Phi) is 5.44. The number of carbonyl (C=O) groups excluding carboxylic acids is 3. The minimum Gasteiger partial charge on any atom is -0.368 e. The van der Waals surface area contributed by atoms with Crippen LogP contribution in [0.2, 0.25) is 0 Å². The molecule has 2 saturated heterocycles. The number of hydrogen-bond acceptors (Lipinski definition) is 5. The summed E-state index contributed by atoms with van der Waals surface area (Å²) in [5.74, 6) is -1.54. The lowest BCUT2D eigenvalue weighted by Crippen LogP contribution is -2.75. The maximum atomic E-state index is 14.3. The number of carbonyl (C=O) groups is 3. The maximum Gasteiger partial charge on any atom is 0.416 e. The van der Waals surface area contributed by atoms with Gasteiger partial charge in [-0.05, 0) is 54.4 Å². The number of halogens is 3. The van der Waals surface area contributed by atoms with E-state index in [0.29, 0.717) is 18.8 Å². The molecule has 10 heteroatoms. The molecule has 2 fully saturated rings. The number of para-hydroxylation sites is 2. The summed E-state index contributed by atoms with van der Waals surface area (Å²) in [7, 11) is 0. The molecule has 3 heterocycles. The Morgan fingerprint density at radius 2 is 1.50 bits per heavy atom. The van der Waals surface area contributed by atoms with Crippen molar-refractivity contribution in [3.63, 3.8) is 0 Å². The quantitative estimate of drug-likeness (QED) is 0.513. The molecule has 0 saturated carbocycles. The van der Waals surface area contributed by atoms with Gasteiger partial charge in [0.25, 0.3) is 5.91 Å². The molecule has 0 aromatic heterocycles. The molecule has 38 heavy (non-hydrogen) atoms. The number of nitrogens with one attached hydrogen (secondary N) is 1. The normalized spacial score (nSPS) is 23.3. The van der Waals surface area contributed by atoms with Crippen molar-refractivity contribution in [1.82, 2.24) is 5.32 Å². The SMILES string of the molecule is O=C1NC(=O)C2(Cc3cc(C(F)(F)F)ccc3N3CCN(c4ccccc4)CC32)C(=O)N1c1ccccc1. The molecule has 3 aliphatic heterocycles. The first kappa shape index (κ1) is 24.0. The number of barbiturate groups is 1. The lowest BCUT2D eigenvalue weighted by molar-refractivity contribution is -0.144. The van der Waals surface area contributed by atoms with Gasteiger partial charge in [0.05, 0.1) is 17.3 Å². The van der Waals surface area contributed by atoms with Gasteiger partial charge in [0, 0.05) is 31.0 Å². The van der Waals surface area contributed by atoms with Gasteiger partial charge in [0.2, 0.25) is 5.91 Å². The van der Waals surface area contributed by atoms with Gasteiger partial charge in [0.1, 0.15) is 0 Å².